The Morgan fingerprint density at radius 3 is 2.25 bits per heavy atom. The molecule has 0 aliphatic heterocycles. The van der Waals surface area contributed by atoms with Crippen LogP contribution in [0.25, 0.3) is 10.8 Å². The molecule has 4 aromatic rings. The van der Waals surface area contributed by atoms with E-state index in [1.807, 2.05) is 54.6 Å². The molecule has 1 unspecified atom stereocenters. The minimum absolute atomic E-state index is 0.356. The van der Waals surface area contributed by atoms with E-state index in [2.05, 4.69) is 4.98 Å². The molecular formula is C23H16F3NO. The number of hydrogen-bond acceptors (Lipinski definition) is 2. The fourth-order valence-electron chi connectivity index (χ4n) is 3.18. The molecule has 0 aliphatic carbocycles. The van der Waals surface area contributed by atoms with Crippen molar-refractivity contribution in [2.24, 2.45) is 0 Å². The maximum absolute atomic E-state index is 12.8. The first-order valence-electron chi connectivity index (χ1n) is 8.74. The lowest BCUT2D eigenvalue weighted by Crippen LogP contribution is -2.11. The maximum Gasteiger partial charge on any atom is 0.416 e. The summed E-state index contributed by atoms with van der Waals surface area (Å²) in [6, 6.07) is 22.3. The van der Waals surface area contributed by atoms with Crippen molar-refractivity contribution < 1.29 is 17.9 Å². The minimum atomic E-state index is -4.38. The Labute approximate surface area is 160 Å². The highest BCUT2D eigenvalue weighted by molar-refractivity contribution is 5.86. The first kappa shape index (κ1) is 18.0. The van der Waals surface area contributed by atoms with E-state index >= 15 is 0 Å². The fourth-order valence-corrected chi connectivity index (χ4v) is 3.18. The number of benzene rings is 3. The van der Waals surface area contributed by atoms with Crippen molar-refractivity contribution in [2.75, 3.05) is 0 Å². The largest absolute Gasteiger partial charge is 0.481 e. The van der Waals surface area contributed by atoms with E-state index in [4.69, 9.17) is 4.74 Å². The Hall–Kier alpha value is -3.34. The molecule has 1 heterocycles. The quantitative estimate of drug-likeness (QED) is 0.408. The molecule has 1 atom stereocenters. The van der Waals surface area contributed by atoms with Gasteiger partial charge in [0, 0.05) is 23.5 Å². The van der Waals surface area contributed by atoms with Crippen molar-refractivity contribution >= 4 is 10.8 Å². The summed E-state index contributed by atoms with van der Waals surface area (Å²) in [5.74, 6) is 0.356. The molecule has 0 bridgehead atoms. The molecule has 0 fully saturated rings. The van der Waals surface area contributed by atoms with E-state index < -0.39 is 17.8 Å². The summed E-state index contributed by atoms with van der Waals surface area (Å²) in [5.41, 5.74) is 1.03. The molecule has 5 heteroatoms. The Bertz CT molecular complexity index is 1070. The van der Waals surface area contributed by atoms with Crippen LogP contribution in [0.5, 0.6) is 5.75 Å². The summed E-state index contributed by atoms with van der Waals surface area (Å²) in [5, 5.41) is 2.08. The number of ether oxygens (including phenoxy) is 1. The summed E-state index contributed by atoms with van der Waals surface area (Å²) in [6.07, 6.45) is -1.51. The highest BCUT2D eigenvalue weighted by atomic mass is 19.4. The van der Waals surface area contributed by atoms with Gasteiger partial charge < -0.3 is 4.74 Å². The van der Waals surface area contributed by atoms with Crippen LogP contribution >= 0.6 is 0 Å². The van der Waals surface area contributed by atoms with Crippen LogP contribution in [-0.2, 0) is 6.18 Å². The normalized spacial score (nSPS) is 12.7. The highest BCUT2D eigenvalue weighted by Gasteiger charge is 2.30. The van der Waals surface area contributed by atoms with Crippen molar-refractivity contribution in [1.29, 1.82) is 0 Å². The Balaban J connectivity index is 1.77. The first-order chi connectivity index (χ1) is 13.5. The van der Waals surface area contributed by atoms with E-state index in [1.165, 1.54) is 12.1 Å². The molecule has 0 amide bonds. The van der Waals surface area contributed by atoms with Crippen LogP contribution in [0.3, 0.4) is 0 Å². The molecule has 28 heavy (non-hydrogen) atoms. The second-order valence-electron chi connectivity index (χ2n) is 6.37. The topological polar surface area (TPSA) is 22.1 Å². The fraction of sp³-hybridized carbons (Fsp3) is 0.0870. The van der Waals surface area contributed by atoms with Crippen LogP contribution in [0.4, 0.5) is 13.2 Å². The molecule has 0 aliphatic rings. The summed E-state index contributed by atoms with van der Waals surface area (Å²) in [6.45, 7) is 0. The molecule has 4 rings (SSSR count). The van der Waals surface area contributed by atoms with Crippen molar-refractivity contribution in [3.05, 3.63) is 108 Å². The Morgan fingerprint density at radius 2 is 1.54 bits per heavy atom. The molecule has 0 spiro atoms. The molecule has 0 N–H and O–H groups in total. The van der Waals surface area contributed by atoms with E-state index in [9.17, 15) is 13.2 Å². The first-order valence-corrected chi connectivity index (χ1v) is 8.74. The number of hydrogen-bond donors (Lipinski definition) is 0. The number of alkyl halides is 3. The van der Waals surface area contributed by atoms with Gasteiger partial charge in [-0.1, -0.05) is 48.5 Å². The maximum atomic E-state index is 12.8. The van der Waals surface area contributed by atoms with Gasteiger partial charge in [0.1, 0.15) is 5.75 Å². The van der Waals surface area contributed by atoms with Gasteiger partial charge in [0.2, 0.25) is 0 Å². The minimum Gasteiger partial charge on any atom is -0.481 e. The predicted molar refractivity (Wildman–Crippen MR) is 102 cm³/mol. The highest BCUT2D eigenvalue weighted by Crippen LogP contribution is 2.35. The standard InChI is InChI=1S/C23H16F3NO/c24-23(25,26)18-10-12-19(13-11-18)28-22(17-7-4-14-27-15-17)21-9-3-6-16-5-1-2-8-20(16)21/h1-15,22H. The van der Waals surface area contributed by atoms with Crippen molar-refractivity contribution in [3.8, 4) is 5.75 Å². The van der Waals surface area contributed by atoms with Gasteiger partial charge in [0.15, 0.2) is 6.10 Å². The van der Waals surface area contributed by atoms with Crippen LogP contribution in [0.15, 0.2) is 91.3 Å². The van der Waals surface area contributed by atoms with Crippen LogP contribution in [0, 0.1) is 0 Å². The van der Waals surface area contributed by atoms with E-state index in [0.717, 1.165) is 34.0 Å². The SMILES string of the molecule is FC(F)(F)c1ccc(OC(c2cccnc2)c2cccc3ccccc23)cc1. The van der Waals surface area contributed by atoms with Gasteiger partial charge in [-0.3, -0.25) is 4.98 Å². The van der Waals surface area contributed by atoms with Crippen molar-refractivity contribution in [2.45, 2.75) is 12.3 Å². The monoisotopic (exact) mass is 379 g/mol. The summed E-state index contributed by atoms with van der Waals surface area (Å²) in [4.78, 5) is 4.17. The van der Waals surface area contributed by atoms with Gasteiger partial charge in [-0.15, -0.1) is 0 Å². The van der Waals surface area contributed by atoms with E-state index in [-0.39, 0.29) is 0 Å². The smallest absolute Gasteiger partial charge is 0.416 e. The Morgan fingerprint density at radius 1 is 0.786 bits per heavy atom. The third-order valence-corrected chi connectivity index (χ3v) is 4.53. The third-order valence-electron chi connectivity index (χ3n) is 4.53. The molecule has 0 saturated carbocycles. The average molecular weight is 379 g/mol. The lowest BCUT2D eigenvalue weighted by atomic mass is 9.96. The lowest BCUT2D eigenvalue weighted by molar-refractivity contribution is -0.137. The van der Waals surface area contributed by atoms with Gasteiger partial charge in [-0.05, 0) is 41.1 Å². The molecule has 1 aromatic heterocycles. The van der Waals surface area contributed by atoms with Crippen LogP contribution < -0.4 is 4.74 Å². The molecule has 2 nitrogen and oxygen atoms in total. The predicted octanol–water partition coefficient (Wildman–Crippen LogP) is 6.42. The van der Waals surface area contributed by atoms with Gasteiger partial charge >= 0.3 is 6.18 Å². The van der Waals surface area contributed by atoms with Gasteiger partial charge in [-0.25, -0.2) is 0 Å². The number of pyridine rings is 1. The van der Waals surface area contributed by atoms with Crippen LogP contribution in [-0.4, -0.2) is 4.98 Å². The summed E-state index contributed by atoms with van der Waals surface area (Å²) < 4.78 is 44.7. The number of nitrogens with zero attached hydrogens (tertiary/aromatic N) is 1. The molecule has 0 saturated heterocycles. The zero-order valence-corrected chi connectivity index (χ0v) is 14.7. The number of fused-ring (bicyclic) bond motifs is 1. The summed E-state index contributed by atoms with van der Waals surface area (Å²) in [7, 11) is 0. The zero-order chi connectivity index (χ0) is 19.6. The number of halogens is 3. The zero-order valence-electron chi connectivity index (χ0n) is 14.7. The second-order valence-corrected chi connectivity index (χ2v) is 6.37. The van der Waals surface area contributed by atoms with Crippen LogP contribution in [0.2, 0.25) is 0 Å². The van der Waals surface area contributed by atoms with Gasteiger partial charge in [0.25, 0.3) is 0 Å². The summed E-state index contributed by atoms with van der Waals surface area (Å²) >= 11 is 0. The average Bonchev–Trinajstić information content (AvgIpc) is 2.72. The lowest BCUT2D eigenvalue weighted by Gasteiger charge is -2.22. The van der Waals surface area contributed by atoms with Crippen molar-refractivity contribution in [3.63, 3.8) is 0 Å². The molecule has 140 valence electrons. The number of rotatable bonds is 4. The Kier molecular flexibility index (Phi) is 4.74. The van der Waals surface area contributed by atoms with E-state index in [1.54, 1.807) is 12.4 Å². The molecular weight excluding hydrogens is 363 g/mol. The van der Waals surface area contributed by atoms with Gasteiger partial charge in [-0.2, -0.15) is 13.2 Å². The van der Waals surface area contributed by atoms with Gasteiger partial charge in [0.05, 0.1) is 5.56 Å². The molecule has 3 aromatic carbocycles. The second kappa shape index (κ2) is 7.35. The molecule has 0 radical (unpaired) electrons. The van der Waals surface area contributed by atoms with Crippen LogP contribution in [0.1, 0.15) is 22.8 Å². The van der Waals surface area contributed by atoms with E-state index in [0.29, 0.717) is 5.75 Å². The van der Waals surface area contributed by atoms with Crippen molar-refractivity contribution in [1.82, 2.24) is 4.98 Å². The third kappa shape index (κ3) is 3.69. The number of aromatic nitrogens is 1.